The summed E-state index contributed by atoms with van der Waals surface area (Å²) in [5, 5.41) is 9.16. The fourth-order valence-corrected chi connectivity index (χ4v) is 4.41. The van der Waals surface area contributed by atoms with E-state index in [1.807, 2.05) is 0 Å². The van der Waals surface area contributed by atoms with Gasteiger partial charge in [0.15, 0.2) is 0 Å². The molecule has 0 amide bonds. The lowest BCUT2D eigenvalue weighted by Gasteiger charge is -2.16. The molecule has 1 unspecified atom stereocenters. The molecule has 36 heavy (non-hydrogen) atoms. The summed E-state index contributed by atoms with van der Waals surface area (Å²) in [5.74, 6) is -1.12. The Bertz CT molecular complexity index is 552. The first-order valence-corrected chi connectivity index (χ1v) is 15.3. The lowest BCUT2D eigenvalue weighted by Crippen LogP contribution is -2.21. The second-order valence-electron chi connectivity index (χ2n) is 10.3. The smallest absolute Gasteiger partial charge is 0.307 e. The fourth-order valence-electron chi connectivity index (χ4n) is 4.41. The molecule has 0 aliphatic heterocycles. The molecule has 0 aromatic carbocycles. The highest BCUT2D eigenvalue weighted by Gasteiger charge is 2.17. The third-order valence-electron chi connectivity index (χ3n) is 6.66. The van der Waals surface area contributed by atoms with Crippen molar-refractivity contribution in [1.29, 1.82) is 0 Å². The number of esters is 1. The molecule has 0 aromatic rings. The van der Waals surface area contributed by atoms with Crippen LogP contribution in [0, 0.1) is 0 Å². The van der Waals surface area contributed by atoms with E-state index in [1.165, 1.54) is 83.5 Å². The van der Waals surface area contributed by atoms with E-state index >= 15 is 0 Å². The lowest BCUT2D eigenvalue weighted by atomic mass is 10.0. The summed E-state index contributed by atoms with van der Waals surface area (Å²) in [5.41, 5.74) is 0. The molecule has 0 spiro atoms. The molecular formula is C32H58O4. The van der Waals surface area contributed by atoms with Gasteiger partial charge in [-0.25, -0.2) is 0 Å². The molecule has 0 rings (SSSR count). The van der Waals surface area contributed by atoms with Crippen LogP contribution in [-0.4, -0.2) is 23.1 Å². The number of ether oxygens (including phenoxy) is 1. The number of carboxylic acids is 1. The zero-order chi connectivity index (χ0) is 26.5. The molecule has 0 aliphatic carbocycles. The van der Waals surface area contributed by atoms with Gasteiger partial charge in [0.1, 0.15) is 6.10 Å². The molecule has 0 heterocycles. The maximum absolute atomic E-state index is 12.2. The van der Waals surface area contributed by atoms with Crippen molar-refractivity contribution in [3.8, 4) is 0 Å². The van der Waals surface area contributed by atoms with Gasteiger partial charge in [0.2, 0.25) is 0 Å². The van der Waals surface area contributed by atoms with E-state index in [2.05, 4.69) is 38.2 Å². The quantitative estimate of drug-likeness (QED) is 0.0683. The third-order valence-corrected chi connectivity index (χ3v) is 6.66. The largest absolute Gasteiger partial charge is 0.481 e. The van der Waals surface area contributed by atoms with Crippen molar-refractivity contribution in [2.45, 2.75) is 168 Å². The van der Waals surface area contributed by atoms with Crippen LogP contribution in [0.3, 0.4) is 0 Å². The van der Waals surface area contributed by atoms with Crippen molar-refractivity contribution in [2.75, 3.05) is 0 Å². The number of allylic oxidation sites excluding steroid dienone is 4. The number of hydrogen-bond donors (Lipinski definition) is 1. The predicted molar refractivity (Wildman–Crippen MR) is 153 cm³/mol. The van der Waals surface area contributed by atoms with Crippen molar-refractivity contribution in [3.05, 3.63) is 24.3 Å². The molecule has 1 N–H and O–H groups in total. The van der Waals surface area contributed by atoms with Gasteiger partial charge < -0.3 is 9.84 Å². The van der Waals surface area contributed by atoms with Crippen molar-refractivity contribution < 1.29 is 19.4 Å². The predicted octanol–water partition coefficient (Wildman–Crippen LogP) is 10.1. The minimum atomic E-state index is -0.888. The van der Waals surface area contributed by atoms with E-state index in [0.29, 0.717) is 12.8 Å². The Morgan fingerprint density at radius 3 is 1.69 bits per heavy atom. The van der Waals surface area contributed by atoms with E-state index in [4.69, 9.17) is 9.84 Å². The van der Waals surface area contributed by atoms with E-state index in [9.17, 15) is 9.59 Å². The molecule has 0 radical (unpaired) electrons. The van der Waals surface area contributed by atoms with Gasteiger partial charge in [-0.2, -0.15) is 0 Å². The first kappa shape index (κ1) is 34.4. The normalized spacial score (nSPS) is 12.5. The Balaban J connectivity index is 3.73. The average Bonchev–Trinajstić information content (AvgIpc) is 2.85. The number of carbonyl (C=O) groups is 2. The van der Waals surface area contributed by atoms with Gasteiger partial charge in [0, 0.05) is 6.42 Å². The Morgan fingerprint density at radius 2 is 1.11 bits per heavy atom. The summed E-state index contributed by atoms with van der Waals surface area (Å²) in [6, 6.07) is 0. The van der Waals surface area contributed by atoms with Gasteiger partial charge in [-0.3, -0.25) is 9.59 Å². The molecule has 210 valence electrons. The number of aliphatic carboxylic acids is 1. The highest BCUT2D eigenvalue weighted by Crippen LogP contribution is 2.16. The number of unbranched alkanes of at least 4 members (excludes halogenated alkanes) is 16. The number of carbonyl (C=O) groups excluding carboxylic acids is 1. The molecule has 4 nitrogen and oxygen atoms in total. The van der Waals surface area contributed by atoms with Crippen molar-refractivity contribution >= 4 is 11.9 Å². The minimum absolute atomic E-state index is 0.0784. The molecule has 0 saturated carbocycles. The zero-order valence-corrected chi connectivity index (χ0v) is 23.8. The fraction of sp³-hybridized carbons (Fsp3) is 0.812. The Hall–Kier alpha value is -1.58. The highest BCUT2D eigenvalue weighted by atomic mass is 16.5. The summed E-state index contributed by atoms with van der Waals surface area (Å²) in [6.45, 7) is 4.47. The van der Waals surface area contributed by atoms with Crippen LogP contribution in [0.5, 0.6) is 0 Å². The SMILES string of the molecule is CCCCC/C=C\C/C=C\CCCCCCCC(=O)OC(CCCCCCCCCCC)CC(=O)O. The maximum Gasteiger partial charge on any atom is 0.307 e. The number of rotatable bonds is 27. The minimum Gasteiger partial charge on any atom is -0.481 e. The Morgan fingerprint density at radius 1 is 0.639 bits per heavy atom. The van der Waals surface area contributed by atoms with Crippen LogP contribution in [0.4, 0.5) is 0 Å². The standard InChI is InChI=1S/C32H58O4/c1-3-5-7-9-11-13-14-15-16-17-18-20-22-24-26-28-32(35)36-30(29-31(33)34)27-25-23-21-19-12-10-8-6-4-2/h11,13,15-16,30H,3-10,12,14,17-29H2,1-2H3,(H,33,34)/b13-11-,16-15-. The van der Waals surface area contributed by atoms with Crippen LogP contribution >= 0.6 is 0 Å². The lowest BCUT2D eigenvalue weighted by molar-refractivity contribution is -0.153. The van der Waals surface area contributed by atoms with Crippen molar-refractivity contribution in [3.63, 3.8) is 0 Å². The first-order chi connectivity index (χ1) is 17.6. The van der Waals surface area contributed by atoms with Crippen LogP contribution < -0.4 is 0 Å². The monoisotopic (exact) mass is 506 g/mol. The highest BCUT2D eigenvalue weighted by molar-refractivity contribution is 5.71. The summed E-state index contributed by atoms with van der Waals surface area (Å²) in [6.07, 6.45) is 33.3. The third kappa shape index (κ3) is 27.0. The molecule has 0 bridgehead atoms. The summed E-state index contributed by atoms with van der Waals surface area (Å²) in [4.78, 5) is 23.4. The van der Waals surface area contributed by atoms with Crippen LogP contribution in [0.1, 0.15) is 162 Å². The molecule has 0 fully saturated rings. The first-order valence-electron chi connectivity index (χ1n) is 15.3. The summed E-state index contributed by atoms with van der Waals surface area (Å²) in [7, 11) is 0. The van der Waals surface area contributed by atoms with E-state index in [0.717, 1.165) is 44.9 Å². The summed E-state index contributed by atoms with van der Waals surface area (Å²) >= 11 is 0. The number of carboxylic acid groups (broad SMARTS) is 1. The van der Waals surface area contributed by atoms with Gasteiger partial charge in [-0.05, 0) is 51.4 Å². The summed E-state index contributed by atoms with van der Waals surface area (Å²) < 4.78 is 5.52. The topological polar surface area (TPSA) is 63.6 Å². The molecule has 0 saturated heterocycles. The van der Waals surface area contributed by atoms with Gasteiger partial charge >= 0.3 is 11.9 Å². The van der Waals surface area contributed by atoms with Crippen molar-refractivity contribution in [2.24, 2.45) is 0 Å². The van der Waals surface area contributed by atoms with Crippen molar-refractivity contribution in [1.82, 2.24) is 0 Å². The molecular weight excluding hydrogens is 448 g/mol. The van der Waals surface area contributed by atoms with E-state index in [-0.39, 0.29) is 12.4 Å². The molecule has 1 atom stereocenters. The zero-order valence-electron chi connectivity index (χ0n) is 23.8. The van der Waals surface area contributed by atoms with Gasteiger partial charge in [0.25, 0.3) is 0 Å². The van der Waals surface area contributed by atoms with Crippen LogP contribution in [0.25, 0.3) is 0 Å². The second-order valence-corrected chi connectivity index (χ2v) is 10.3. The van der Waals surface area contributed by atoms with Crippen LogP contribution in [0.15, 0.2) is 24.3 Å². The van der Waals surface area contributed by atoms with Gasteiger partial charge in [0.05, 0.1) is 6.42 Å². The average molecular weight is 507 g/mol. The van der Waals surface area contributed by atoms with Gasteiger partial charge in [-0.1, -0.05) is 122 Å². The molecule has 0 aliphatic rings. The molecule has 4 heteroatoms. The van der Waals surface area contributed by atoms with E-state index in [1.54, 1.807) is 0 Å². The Labute approximate surface area is 223 Å². The second kappa shape index (κ2) is 28.0. The Kier molecular flexibility index (Phi) is 26.8. The van der Waals surface area contributed by atoms with Crippen LogP contribution in [0.2, 0.25) is 0 Å². The number of hydrogen-bond acceptors (Lipinski definition) is 3. The van der Waals surface area contributed by atoms with Gasteiger partial charge in [-0.15, -0.1) is 0 Å². The maximum atomic E-state index is 12.2. The molecule has 0 aromatic heterocycles. The van der Waals surface area contributed by atoms with Crippen LogP contribution in [-0.2, 0) is 14.3 Å². The van der Waals surface area contributed by atoms with E-state index < -0.39 is 12.1 Å².